The van der Waals surface area contributed by atoms with Crippen molar-refractivity contribution in [2.24, 2.45) is 23.0 Å². The van der Waals surface area contributed by atoms with Crippen molar-refractivity contribution in [1.29, 1.82) is 0 Å². The number of hydrogen-bond donors (Lipinski definition) is 1. The summed E-state index contributed by atoms with van der Waals surface area (Å²) in [6, 6.07) is 4.92. The molecule has 3 unspecified atom stereocenters. The molecule has 0 spiro atoms. The van der Waals surface area contributed by atoms with Gasteiger partial charge in [0.05, 0.1) is 9.95 Å². The van der Waals surface area contributed by atoms with E-state index in [0.717, 1.165) is 12.3 Å². The van der Waals surface area contributed by atoms with Crippen LogP contribution in [0.3, 0.4) is 0 Å². The maximum absolute atomic E-state index is 11.2. The van der Waals surface area contributed by atoms with Crippen LogP contribution in [0.5, 0.6) is 0 Å². The Bertz CT molecular complexity index is 549. The van der Waals surface area contributed by atoms with Gasteiger partial charge >= 0.3 is 0 Å². The summed E-state index contributed by atoms with van der Waals surface area (Å²) in [5.41, 5.74) is 6.88. The van der Waals surface area contributed by atoms with Crippen molar-refractivity contribution in [3.05, 3.63) is 38.9 Å². The fraction of sp³-hybridized carbons (Fsp3) is 0.600. The van der Waals surface area contributed by atoms with Crippen molar-refractivity contribution in [3.63, 3.8) is 0 Å². The number of benzene rings is 1. The van der Waals surface area contributed by atoms with E-state index in [1.807, 2.05) is 0 Å². The van der Waals surface area contributed by atoms with Gasteiger partial charge in [0.25, 0.3) is 5.69 Å². The Balaban J connectivity index is 1.96. The van der Waals surface area contributed by atoms with E-state index in [1.165, 1.54) is 19.3 Å². The molecule has 5 heteroatoms. The van der Waals surface area contributed by atoms with Crippen molar-refractivity contribution in [2.75, 3.05) is 6.54 Å². The maximum atomic E-state index is 11.2. The number of nitro groups is 1. The minimum atomic E-state index is -0.335. The molecule has 0 radical (unpaired) electrons. The zero-order chi connectivity index (χ0) is 14.3. The van der Waals surface area contributed by atoms with Crippen molar-refractivity contribution in [3.8, 4) is 0 Å². The van der Waals surface area contributed by atoms with Crippen LogP contribution in [-0.4, -0.2) is 11.5 Å². The molecule has 0 aliphatic heterocycles. The highest BCUT2D eigenvalue weighted by molar-refractivity contribution is 6.31. The molecule has 3 atom stereocenters. The van der Waals surface area contributed by atoms with E-state index in [4.69, 9.17) is 17.3 Å². The number of hydrogen-bond acceptors (Lipinski definition) is 3. The van der Waals surface area contributed by atoms with Crippen LogP contribution in [0.2, 0.25) is 5.02 Å². The van der Waals surface area contributed by atoms with Gasteiger partial charge in [-0.1, -0.05) is 24.1 Å². The van der Waals surface area contributed by atoms with E-state index in [2.05, 4.69) is 0 Å². The number of nitrogens with zero attached hydrogens (tertiary/aromatic N) is 1. The Labute approximate surface area is 123 Å². The predicted octanol–water partition coefficient (Wildman–Crippen LogP) is 3.56. The Kier molecular flexibility index (Phi) is 3.46. The second-order valence-corrected chi connectivity index (χ2v) is 6.73. The minimum Gasteiger partial charge on any atom is -0.330 e. The largest absolute Gasteiger partial charge is 0.330 e. The zero-order valence-electron chi connectivity index (χ0n) is 11.3. The molecule has 2 N–H and O–H groups in total. The highest BCUT2D eigenvalue weighted by Crippen LogP contribution is 2.57. The lowest BCUT2D eigenvalue weighted by Crippen LogP contribution is -2.38. The van der Waals surface area contributed by atoms with Gasteiger partial charge < -0.3 is 5.73 Å². The van der Waals surface area contributed by atoms with Gasteiger partial charge in [-0.15, -0.1) is 0 Å². The Morgan fingerprint density at radius 1 is 1.45 bits per heavy atom. The number of halogens is 1. The number of rotatable bonds is 4. The molecule has 0 amide bonds. The monoisotopic (exact) mass is 294 g/mol. The van der Waals surface area contributed by atoms with Crippen LogP contribution in [0.15, 0.2) is 18.2 Å². The molecule has 3 rings (SSSR count). The topological polar surface area (TPSA) is 69.2 Å². The number of nitrogens with two attached hydrogens (primary N) is 1. The second-order valence-electron chi connectivity index (χ2n) is 6.32. The van der Waals surface area contributed by atoms with Crippen LogP contribution in [0.1, 0.15) is 31.2 Å². The van der Waals surface area contributed by atoms with Crippen molar-refractivity contribution >= 4 is 17.3 Å². The standard InChI is InChI=1S/C15H19ClN2O2/c16-13-2-1-3-14(18(19)20)12(13)8-15(9-17)7-10-4-5-11(15)6-10/h1-3,10-11H,4-9,17H2. The highest BCUT2D eigenvalue weighted by Gasteiger charge is 2.50. The summed E-state index contributed by atoms with van der Waals surface area (Å²) in [5.74, 6) is 1.36. The molecule has 0 saturated heterocycles. The summed E-state index contributed by atoms with van der Waals surface area (Å²) < 4.78 is 0. The van der Waals surface area contributed by atoms with E-state index < -0.39 is 0 Å². The van der Waals surface area contributed by atoms with Crippen molar-refractivity contribution in [2.45, 2.75) is 32.1 Å². The Morgan fingerprint density at radius 2 is 2.25 bits per heavy atom. The lowest BCUT2D eigenvalue weighted by atomic mass is 9.69. The van der Waals surface area contributed by atoms with Gasteiger partial charge in [0, 0.05) is 11.6 Å². The normalized spacial score (nSPS) is 31.7. The fourth-order valence-electron chi connectivity index (χ4n) is 4.34. The summed E-state index contributed by atoms with van der Waals surface area (Å²) >= 11 is 6.23. The van der Waals surface area contributed by atoms with Crippen LogP contribution < -0.4 is 5.73 Å². The summed E-state index contributed by atoms with van der Waals surface area (Å²) in [5, 5.41) is 11.7. The average Bonchev–Trinajstić information content (AvgIpc) is 3.01. The van der Waals surface area contributed by atoms with Crippen molar-refractivity contribution in [1.82, 2.24) is 0 Å². The SMILES string of the molecule is NCC1(Cc2c(Cl)cccc2[N+](=O)[O-])CC2CCC1C2. The molecule has 1 aromatic carbocycles. The minimum absolute atomic E-state index is 0.0126. The summed E-state index contributed by atoms with van der Waals surface area (Å²) in [6.45, 7) is 0.594. The molecule has 0 aromatic heterocycles. The van der Waals surface area contributed by atoms with Crippen LogP contribution in [0.4, 0.5) is 5.69 Å². The van der Waals surface area contributed by atoms with Crippen LogP contribution in [0, 0.1) is 27.4 Å². The maximum Gasteiger partial charge on any atom is 0.274 e. The lowest BCUT2D eigenvalue weighted by molar-refractivity contribution is -0.385. The molecule has 4 nitrogen and oxygen atoms in total. The zero-order valence-corrected chi connectivity index (χ0v) is 12.1. The van der Waals surface area contributed by atoms with Crippen molar-refractivity contribution < 1.29 is 4.92 Å². The van der Waals surface area contributed by atoms with Gasteiger partial charge in [-0.25, -0.2) is 0 Å². The number of nitro benzene ring substituents is 1. The molecular weight excluding hydrogens is 276 g/mol. The summed E-state index contributed by atoms with van der Waals surface area (Å²) in [4.78, 5) is 10.9. The molecule has 0 heterocycles. The third kappa shape index (κ3) is 2.11. The molecule has 2 aliphatic carbocycles. The van der Waals surface area contributed by atoms with Gasteiger partial charge in [0.1, 0.15) is 0 Å². The van der Waals surface area contributed by atoms with E-state index >= 15 is 0 Å². The Hall–Kier alpha value is -1.13. The number of fused-ring (bicyclic) bond motifs is 2. The summed E-state index contributed by atoms with van der Waals surface area (Å²) in [7, 11) is 0. The third-order valence-electron chi connectivity index (χ3n) is 5.33. The first kappa shape index (κ1) is 13.8. The van der Waals surface area contributed by atoms with Crippen LogP contribution in [-0.2, 0) is 6.42 Å². The molecule has 20 heavy (non-hydrogen) atoms. The molecule has 1 aromatic rings. The lowest BCUT2D eigenvalue weighted by Gasteiger charge is -2.37. The molecule has 2 fully saturated rings. The predicted molar refractivity (Wildman–Crippen MR) is 78.7 cm³/mol. The van der Waals surface area contributed by atoms with E-state index in [-0.39, 0.29) is 16.0 Å². The molecule has 2 saturated carbocycles. The van der Waals surface area contributed by atoms with E-state index in [1.54, 1.807) is 18.2 Å². The highest BCUT2D eigenvalue weighted by atomic mass is 35.5. The van der Waals surface area contributed by atoms with Gasteiger partial charge in [0.2, 0.25) is 0 Å². The van der Waals surface area contributed by atoms with Gasteiger partial charge in [-0.2, -0.15) is 0 Å². The smallest absolute Gasteiger partial charge is 0.274 e. The van der Waals surface area contributed by atoms with Crippen LogP contribution >= 0.6 is 11.6 Å². The molecular formula is C15H19ClN2O2. The molecule has 2 bridgehead atoms. The summed E-state index contributed by atoms with van der Waals surface area (Å²) in [6.07, 6.45) is 5.46. The second kappa shape index (κ2) is 5.01. The Morgan fingerprint density at radius 3 is 2.80 bits per heavy atom. The molecule has 2 aliphatic rings. The average molecular weight is 295 g/mol. The molecule has 108 valence electrons. The third-order valence-corrected chi connectivity index (χ3v) is 5.68. The first-order valence-electron chi connectivity index (χ1n) is 7.17. The fourth-order valence-corrected chi connectivity index (χ4v) is 4.58. The van der Waals surface area contributed by atoms with Gasteiger partial charge in [-0.05, 0) is 55.5 Å². The van der Waals surface area contributed by atoms with Gasteiger partial charge in [-0.3, -0.25) is 10.1 Å². The van der Waals surface area contributed by atoms with E-state index in [9.17, 15) is 10.1 Å². The van der Waals surface area contributed by atoms with Gasteiger partial charge in [0.15, 0.2) is 0 Å². The van der Waals surface area contributed by atoms with Crippen LogP contribution in [0.25, 0.3) is 0 Å². The quantitative estimate of drug-likeness (QED) is 0.682. The first-order chi connectivity index (χ1) is 9.55. The van der Waals surface area contributed by atoms with E-state index in [0.29, 0.717) is 29.5 Å². The first-order valence-corrected chi connectivity index (χ1v) is 7.55.